The molecule has 1 atom stereocenters. The van der Waals surface area contributed by atoms with E-state index in [1.807, 2.05) is 6.92 Å². The lowest BCUT2D eigenvalue weighted by molar-refractivity contribution is -0.157. The van der Waals surface area contributed by atoms with Crippen molar-refractivity contribution in [2.45, 2.75) is 98.1 Å². The van der Waals surface area contributed by atoms with Crippen LogP contribution in [0.1, 0.15) is 91.9 Å². The minimum Gasteiger partial charge on any atom is -0.447 e. The number of hydrogen-bond acceptors (Lipinski definition) is 3. The van der Waals surface area contributed by atoms with Crippen LogP contribution in [0.2, 0.25) is 0 Å². The number of esters is 1. The van der Waals surface area contributed by atoms with Crippen molar-refractivity contribution < 1.29 is 9.53 Å². The monoisotopic (exact) mass is 335 g/mol. The minimum atomic E-state index is -0.0916. The van der Waals surface area contributed by atoms with Gasteiger partial charge in [-0.05, 0) is 26.4 Å². The van der Waals surface area contributed by atoms with E-state index in [9.17, 15) is 4.79 Å². The second-order valence-corrected chi connectivity index (χ2v) is 5.89. The lowest BCUT2D eigenvalue weighted by Crippen LogP contribution is -2.36. The Kier molecular flexibility index (Phi) is 18.6. The number of hydrogen-bond donors (Lipinski definition) is 0. The van der Waals surface area contributed by atoms with Crippen LogP contribution in [0.15, 0.2) is 0 Å². The van der Waals surface area contributed by atoms with E-state index in [2.05, 4.69) is 25.7 Å². The topological polar surface area (TPSA) is 29.5 Å². The van der Waals surface area contributed by atoms with Gasteiger partial charge in [0.25, 0.3) is 0 Å². The number of rotatable bonds is 14. The Labute approximate surface area is 144 Å². The Balaban J connectivity index is 0. The summed E-state index contributed by atoms with van der Waals surface area (Å²) in [5.41, 5.74) is 0. The van der Waals surface area contributed by atoms with Gasteiger partial charge in [0.05, 0.1) is 0 Å². The molecule has 0 aromatic carbocycles. The Bertz CT molecular complexity index is 245. The van der Waals surface area contributed by atoms with Gasteiger partial charge in [0, 0.05) is 6.42 Å². The molecule has 0 aromatic heterocycles. The highest BCUT2D eigenvalue weighted by atomic mass is 35.5. The summed E-state index contributed by atoms with van der Waals surface area (Å²) >= 11 is 0. The van der Waals surface area contributed by atoms with Crippen LogP contribution < -0.4 is 0 Å². The summed E-state index contributed by atoms with van der Waals surface area (Å²) in [6, 6.07) is 0. The molecular weight excluding hydrogens is 298 g/mol. The Morgan fingerprint density at radius 3 is 1.77 bits per heavy atom. The summed E-state index contributed by atoms with van der Waals surface area (Å²) in [7, 11) is 0. The third kappa shape index (κ3) is 13.4. The Hall–Kier alpha value is -0.280. The van der Waals surface area contributed by atoms with E-state index >= 15 is 0 Å². The first-order chi connectivity index (χ1) is 10.2. The standard InChI is InChI=1S/C18H37NO2.ClH/c1-5-8-9-10-11-12-13-14-15-16-18(20)21-17(4)19(6-2)7-3;/h17H,5-16H2,1-4H3;1H/t17-;/m0./s1. The summed E-state index contributed by atoms with van der Waals surface area (Å²) in [5.74, 6) is -0.0441. The summed E-state index contributed by atoms with van der Waals surface area (Å²) in [6.45, 7) is 10.2. The van der Waals surface area contributed by atoms with E-state index in [1.165, 1.54) is 44.9 Å². The number of ether oxygens (including phenoxy) is 1. The van der Waals surface area contributed by atoms with Crippen LogP contribution in [-0.2, 0) is 9.53 Å². The number of carbonyl (C=O) groups is 1. The molecule has 0 unspecified atom stereocenters. The van der Waals surface area contributed by atoms with E-state index < -0.39 is 0 Å². The van der Waals surface area contributed by atoms with Gasteiger partial charge in [0.1, 0.15) is 0 Å². The van der Waals surface area contributed by atoms with Crippen molar-refractivity contribution in [3.05, 3.63) is 0 Å². The average molecular weight is 336 g/mol. The molecule has 0 radical (unpaired) electrons. The molecule has 0 bridgehead atoms. The number of nitrogens with zero attached hydrogens (tertiary/aromatic N) is 1. The molecular formula is C18H38ClNO2. The van der Waals surface area contributed by atoms with Crippen molar-refractivity contribution in [3.63, 3.8) is 0 Å². The third-order valence-corrected chi connectivity index (χ3v) is 4.11. The van der Waals surface area contributed by atoms with Gasteiger partial charge in [-0.1, -0.05) is 72.1 Å². The van der Waals surface area contributed by atoms with Crippen LogP contribution in [0.3, 0.4) is 0 Å². The van der Waals surface area contributed by atoms with Gasteiger partial charge in [-0.15, -0.1) is 12.4 Å². The van der Waals surface area contributed by atoms with Gasteiger partial charge in [0.2, 0.25) is 0 Å². The van der Waals surface area contributed by atoms with Crippen molar-refractivity contribution in [2.75, 3.05) is 13.1 Å². The molecule has 22 heavy (non-hydrogen) atoms. The molecule has 0 amide bonds. The number of halogens is 1. The van der Waals surface area contributed by atoms with Crippen molar-refractivity contribution >= 4 is 18.4 Å². The maximum absolute atomic E-state index is 11.7. The fraction of sp³-hybridized carbons (Fsp3) is 0.944. The maximum Gasteiger partial charge on any atom is 0.307 e. The molecule has 134 valence electrons. The van der Waals surface area contributed by atoms with E-state index in [0.29, 0.717) is 6.42 Å². The molecule has 0 aliphatic heterocycles. The van der Waals surface area contributed by atoms with Crippen molar-refractivity contribution in [3.8, 4) is 0 Å². The Morgan fingerprint density at radius 2 is 1.32 bits per heavy atom. The van der Waals surface area contributed by atoms with E-state index in [1.54, 1.807) is 0 Å². The zero-order chi connectivity index (χ0) is 15.9. The molecule has 0 saturated carbocycles. The van der Waals surface area contributed by atoms with Crippen molar-refractivity contribution in [1.29, 1.82) is 0 Å². The predicted octanol–water partition coefficient (Wildman–Crippen LogP) is 5.56. The average Bonchev–Trinajstić information content (AvgIpc) is 2.46. The molecule has 0 aliphatic rings. The molecule has 0 aliphatic carbocycles. The summed E-state index contributed by atoms with van der Waals surface area (Å²) in [5, 5.41) is 0. The van der Waals surface area contributed by atoms with E-state index in [-0.39, 0.29) is 24.6 Å². The van der Waals surface area contributed by atoms with Crippen LogP contribution in [-0.4, -0.2) is 30.2 Å². The zero-order valence-electron chi connectivity index (χ0n) is 15.2. The fourth-order valence-electron chi connectivity index (χ4n) is 2.64. The fourth-order valence-corrected chi connectivity index (χ4v) is 2.64. The molecule has 0 spiro atoms. The Morgan fingerprint density at radius 1 is 0.864 bits per heavy atom. The lowest BCUT2D eigenvalue weighted by Gasteiger charge is -2.25. The van der Waals surface area contributed by atoms with Gasteiger partial charge in [0.15, 0.2) is 6.23 Å². The highest BCUT2D eigenvalue weighted by molar-refractivity contribution is 5.85. The molecule has 0 heterocycles. The van der Waals surface area contributed by atoms with Gasteiger partial charge in [-0.25, -0.2) is 0 Å². The molecule has 0 saturated heterocycles. The van der Waals surface area contributed by atoms with Gasteiger partial charge in [-0.3, -0.25) is 9.69 Å². The highest BCUT2D eigenvalue weighted by Crippen LogP contribution is 2.11. The zero-order valence-corrected chi connectivity index (χ0v) is 16.1. The first-order valence-corrected chi connectivity index (χ1v) is 9.09. The molecule has 0 aromatic rings. The van der Waals surface area contributed by atoms with Crippen LogP contribution in [0.25, 0.3) is 0 Å². The van der Waals surface area contributed by atoms with Crippen LogP contribution >= 0.6 is 12.4 Å². The number of carbonyl (C=O) groups excluding carboxylic acids is 1. The van der Waals surface area contributed by atoms with E-state index in [0.717, 1.165) is 25.9 Å². The SMILES string of the molecule is CCCCCCCCCCCC(=O)O[C@@H](C)N(CC)CC.Cl. The summed E-state index contributed by atoms with van der Waals surface area (Å²) in [6.07, 6.45) is 12.0. The summed E-state index contributed by atoms with van der Waals surface area (Å²) in [4.78, 5) is 13.9. The molecule has 0 N–H and O–H groups in total. The first-order valence-electron chi connectivity index (χ1n) is 9.09. The van der Waals surface area contributed by atoms with Crippen molar-refractivity contribution in [1.82, 2.24) is 4.90 Å². The number of unbranched alkanes of at least 4 members (excludes halogenated alkanes) is 8. The van der Waals surface area contributed by atoms with E-state index in [4.69, 9.17) is 4.74 Å². The minimum absolute atomic E-state index is 0. The van der Waals surface area contributed by atoms with Gasteiger partial charge >= 0.3 is 5.97 Å². The second kappa shape index (κ2) is 17.1. The lowest BCUT2D eigenvalue weighted by atomic mass is 10.1. The smallest absolute Gasteiger partial charge is 0.307 e. The van der Waals surface area contributed by atoms with Crippen LogP contribution in [0.4, 0.5) is 0 Å². The quantitative estimate of drug-likeness (QED) is 0.236. The largest absolute Gasteiger partial charge is 0.447 e. The molecule has 4 heteroatoms. The highest BCUT2D eigenvalue weighted by Gasteiger charge is 2.14. The van der Waals surface area contributed by atoms with Gasteiger partial charge in [-0.2, -0.15) is 0 Å². The van der Waals surface area contributed by atoms with Crippen LogP contribution in [0.5, 0.6) is 0 Å². The van der Waals surface area contributed by atoms with Gasteiger partial charge < -0.3 is 4.74 Å². The molecule has 0 rings (SSSR count). The molecule has 0 fully saturated rings. The second-order valence-electron chi connectivity index (χ2n) is 5.89. The first kappa shape index (κ1) is 24.0. The maximum atomic E-state index is 11.7. The van der Waals surface area contributed by atoms with Crippen molar-refractivity contribution in [2.24, 2.45) is 0 Å². The van der Waals surface area contributed by atoms with Crippen LogP contribution in [0, 0.1) is 0 Å². The summed E-state index contributed by atoms with van der Waals surface area (Å²) < 4.78 is 5.45. The predicted molar refractivity (Wildman–Crippen MR) is 97.6 cm³/mol. The molecule has 3 nitrogen and oxygen atoms in total. The third-order valence-electron chi connectivity index (χ3n) is 4.11. The normalized spacial score (nSPS) is 12.0.